The zero-order valence-corrected chi connectivity index (χ0v) is 40.2. The number of hydrogen-bond acceptors (Lipinski definition) is 5. The second kappa shape index (κ2) is 51.7. The van der Waals surface area contributed by atoms with Crippen LogP contribution in [0.25, 0.3) is 0 Å². The van der Waals surface area contributed by atoms with Crippen molar-refractivity contribution in [1.29, 1.82) is 0 Å². The van der Waals surface area contributed by atoms with Gasteiger partial charge in [-0.15, -0.1) is 0 Å². The van der Waals surface area contributed by atoms with Crippen LogP contribution in [0.4, 0.5) is 0 Å². The predicted molar refractivity (Wildman–Crippen MR) is 265 cm³/mol. The van der Waals surface area contributed by atoms with Crippen molar-refractivity contribution in [2.24, 2.45) is 0 Å². The lowest BCUT2D eigenvalue weighted by Gasteiger charge is -2.15. The third kappa shape index (κ3) is 49.9. The Balaban J connectivity index is 3.53. The van der Waals surface area contributed by atoms with Crippen molar-refractivity contribution in [3.05, 3.63) is 72.9 Å². The van der Waals surface area contributed by atoms with Crippen molar-refractivity contribution < 1.29 is 24.2 Å². The summed E-state index contributed by atoms with van der Waals surface area (Å²) in [5.41, 5.74) is 0. The molecule has 0 aliphatic heterocycles. The molecule has 0 saturated heterocycles. The summed E-state index contributed by atoms with van der Waals surface area (Å²) in [4.78, 5) is 24.4. The summed E-state index contributed by atoms with van der Waals surface area (Å²) in [7, 11) is 0. The number of aliphatic hydroxyl groups excluding tert-OH is 1. The highest BCUT2D eigenvalue weighted by Crippen LogP contribution is 2.17. The summed E-state index contributed by atoms with van der Waals surface area (Å²) in [6, 6.07) is 0. The second-order valence-electron chi connectivity index (χ2n) is 17.2. The van der Waals surface area contributed by atoms with Crippen LogP contribution in [0.15, 0.2) is 72.9 Å². The smallest absolute Gasteiger partial charge is 0.306 e. The molecule has 1 unspecified atom stereocenters. The highest BCUT2D eigenvalue weighted by molar-refractivity contribution is 5.70. The van der Waals surface area contributed by atoms with Crippen molar-refractivity contribution >= 4 is 11.9 Å². The van der Waals surface area contributed by atoms with E-state index in [2.05, 4.69) is 74.6 Å². The standard InChI is InChI=1S/C56H98O5/c1-3-5-7-9-11-13-15-17-19-21-23-24-25-26-27-28-29-30-31-33-34-36-38-40-42-44-46-48-50-55(58)60-53-54(52-57)61-56(59)51-49-47-45-43-41-39-37-35-32-22-20-18-16-14-12-10-8-6-4-2/h6,8,12,14,18,20,32,35,39,41,45,47,54,57H,3-5,7,9-11,13,15-17,19,21-31,33-34,36-38,40,42-44,46,48-53H2,1-2H3/b8-6-,14-12-,20-18-,35-32-,41-39-,47-45-. The molecule has 0 fully saturated rings. The number of hydrogen-bond donors (Lipinski definition) is 1. The molecule has 0 saturated carbocycles. The third-order valence-corrected chi connectivity index (χ3v) is 11.3. The summed E-state index contributed by atoms with van der Waals surface area (Å²) < 4.78 is 10.6. The van der Waals surface area contributed by atoms with Crippen molar-refractivity contribution in [2.45, 2.75) is 258 Å². The molecule has 0 rings (SSSR count). The lowest BCUT2D eigenvalue weighted by Crippen LogP contribution is -2.28. The molecule has 1 atom stereocenters. The highest BCUT2D eigenvalue weighted by Gasteiger charge is 2.15. The van der Waals surface area contributed by atoms with Gasteiger partial charge < -0.3 is 14.6 Å². The van der Waals surface area contributed by atoms with E-state index in [-0.39, 0.29) is 25.6 Å². The first-order chi connectivity index (χ1) is 30.1. The van der Waals surface area contributed by atoms with E-state index < -0.39 is 12.1 Å². The summed E-state index contributed by atoms with van der Waals surface area (Å²) in [6.07, 6.45) is 70.3. The van der Waals surface area contributed by atoms with Gasteiger partial charge in [0, 0.05) is 12.8 Å². The summed E-state index contributed by atoms with van der Waals surface area (Å²) >= 11 is 0. The van der Waals surface area contributed by atoms with E-state index in [1.54, 1.807) is 0 Å². The van der Waals surface area contributed by atoms with Gasteiger partial charge in [0.25, 0.3) is 0 Å². The highest BCUT2D eigenvalue weighted by atomic mass is 16.6. The van der Waals surface area contributed by atoms with Crippen LogP contribution in [0.2, 0.25) is 0 Å². The normalized spacial score (nSPS) is 12.8. The Bertz CT molecular complexity index is 1100. The van der Waals surface area contributed by atoms with E-state index in [1.807, 2.05) is 12.2 Å². The van der Waals surface area contributed by atoms with Crippen LogP contribution < -0.4 is 0 Å². The molecule has 0 aromatic heterocycles. The van der Waals surface area contributed by atoms with Crippen LogP contribution in [0.5, 0.6) is 0 Å². The molecule has 0 aliphatic rings. The maximum atomic E-state index is 12.2. The quantitative estimate of drug-likeness (QED) is 0.0375. The van der Waals surface area contributed by atoms with Crippen molar-refractivity contribution in [3.63, 3.8) is 0 Å². The molecule has 0 aliphatic carbocycles. The monoisotopic (exact) mass is 851 g/mol. The van der Waals surface area contributed by atoms with Crippen LogP contribution in [-0.4, -0.2) is 36.4 Å². The van der Waals surface area contributed by atoms with Gasteiger partial charge in [0.2, 0.25) is 0 Å². The van der Waals surface area contributed by atoms with E-state index in [9.17, 15) is 14.7 Å². The first-order valence-electron chi connectivity index (χ1n) is 26.0. The van der Waals surface area contributed by atoms with Crippen LogP contribution >= 0.6 is 0 Å². The summed E-state index contributed by atoms with van der Waals surface area (Å²) in [5, 5.41) is 9.61. The van der Waals surface area contributed by atoms with E-state index in [1.165, 1.54) is 161 Å². The van der Waals surface area contributed by atoms with E-state index in [0.29, 0.717) is 12.8 Å². The molecule has 0 aromatic rings. The average Bonchev–Trinajstić information content (AvgIpc) is 3.26. The first-order valence-corrected chi connectivity index (χ1v) is 26.0. The molecule has 1 N–H and O–H groups in total. The fourth-order valence-electron chi connectivity index (χ4n) is 7.41. The van der Waals surface area contributed by atoms with Gasteiger partial charge in [0.05, 0.1) is 6.61 Å². The summed E-state index contributed by atoms with van der Waals surface area (Å²) in [5.74, 6) is -0.683. The molecule has 352 valence electrons. The third-order valence-electron chi connectivity index (χ3n) is 11.3. The van der Waals surface area contributed by atoms with Crippen molar-refractivity contribution in [3.8, 4) is 0 Å². The van der Waals surface area contributed by atoms with Gasteiger partial charge in [-0.1, -0.05) is 260 Å². The molecule has 0 bridgehead atoms. The van der Waals surface area contributed by atoms with Crippen LogP contribution in [0, 0.1) is 0 Å². The summed E-state index contributed by atoms with van der Waals surface area (Å²) in [6.45, 7) is 3.99. The number of carbonyl (C=O) groups excluding carboxylic acids is 2. The predicted octanol–water partition coefficient (Wildman–Crippen LogP) is 17.2. The van der Waals surface area contributed by atoms with Gasteiger partial charge in [-0.2, -0.15) is 0 Å². The Morgan fingerprint density at radius 3 is 1.03 bits per heavy atom. The number of allylic oxidation sites excluding steroid dienone is 12. The van der Waals surface area contributed by atoms with E-state index in [4.69, 9.17) is 9.47 Å². The van der Waals surface area contributed by atoms with Gasteiger partial charge in [0.15, 0.2) is 6.10 Å². The maximum Gasteiger partial charge on any atom is 0.306 e. The Hall–Kier alpha value is -2.66. The van der Waals surface area contributed by atoms with Crippen LogP contribution in [0.1, 0.15) is 251 Å². The van der Waals surface area contributed by atoms with E-state index >= 15 is 0 Å². The minimum absolute atomic E-state index is 0.0967. The number of unbranched alkanes of at least 4 members (excludes halogenated alkanes) is 27. The fraction of sp³-hybridized carbons (Fsp3) is 0.750. The zero-order chi connectivity index (χ0) is 44.2. The first kappa shape index (κ1) is 58.3. The topological polar surface area (TPSA) is 72.8 Å². The van der Waals surface area contributed by atoms with Crippen molar-refractivity contribution in [1.82, 2.24) is 0 Å². The molecular formula is C56H98O5. The lowest BCUT2D eigenvalue weighted by molar-refractivity contribution is -0.161. The minimum atomic E-state index is -0.814. The molecule has 0 heterocycles. The molecular weight excluding hydrogens is 753 g/mol. The number of rotatable bonds is 47. The average molecular weight is 851 g/mol. The van der Waals surface area contributed by atoms with E-state index in [0.717, 1.165) is 57.8 Å². The number of carbonyl (C=O) groups is 2. The van der Waals surface area contributed by atoms with Crippen molar-refractivity contribution in [2.75, 3.05) is 13.2 Å². The van der Waals surface area contributed by atoms with Gasteiger partial charge in [0.1, 0.15) is 6.61 Å². The zero-order valence-electron chi connectivity index (χ0n) is 40.2. The van der Waals surface area contributed by atoms with Crippen LogP contribution in [0.3, 0.4) is 0 Å². The molecule has 5 nitrogen and oxygen atoms in total. The van der Waals surface area contributed by atoms with Gasteiger partial charge >= 0.3 is 11.9 Å². The Morgan fingerprint density at radius 1 is 0.393 bits per heavy atom. The van der Waals surface area contributed by atoms with Gasteiger partial charge in [-0.05, 0) is 51.4 Å². The SMILES string of the molecule is CC/C=C\C/C=C\C/C=C\C/C=C\C/C=C\C/C=C\CCC(=O)OC(CO)COC(=O)CCCCCCCCCCCCCCCCCCCCCCCCCCCCCC. The number of esters is 2. The van der Waals surface area contributed by atoms with Crippen LogP contribution in [-0.2, 0) is 19.1 Å². The fourth-order valence-corrected chi connectivity index (χ4v) is 7.41. The van der Waals surface area contributed by atoms with Gasteiger partial charge in [-0.3, -0.25) is 9.59 Å². The van der Waals surface area contributed by atoms with Gasteiger partial charge in [-0.25, -0.2) is 0 Å². The second-order valence-corrected chi connectivity index (χ2v) is 17.2. The molecule has 5 heteroatoms. The Morgan fingerprint density at radius 2 is 0.705 bits per heavy atom. The molecule has 0 aromatic carbocycles. The molecule has 61 heavy (non-hydrogen) atoms. The minimum Gasteiger partial charge on any atom is -0.462 e. The molecule has 0 radical (unpaired) electrons. The maximum absolute atomic E-state index is 12.2. The lowest BCUT2D eigenvalue weighted by atomic mass is 10.0. The Labute approximate surface area is 378 Å². The molecule has 0 spiro atoms. The Kier molecular flexibility index (Phi) is 49.4. The largest absolute Gasteiger partial charge is 0.462 e. The number of ether oxygens (including phenoxy) is 2. The number of aliphatic hydroxyl groups is 1. The molecule has 0 amide bonds.